The average molecular weight is 510 g/mol. The van der Waals surface area contributed by atoms with Crippen molar-refractivity contribution in [3.05, 3.63) is 82.9 Å². The van der Waals surface area contributed by atoms with Gasteiger partial charge >= 0.3 is 17.8 Å². The predicted octanol–water partition coefficient (Wildman–Crippen LogP) is 4.45. The summed E-state index contributed by atoms with van der Waals surface area (Å²) < 4.78 is 16.5. The van der Waals surface area contributed by atoms with Gasteiger partial charge in [0.05, 0.1) is 25.0 Å². The fourth-order valence-electron chi connectivity index (χ4n) is 2.91. The minimum atomic E-state index is -0.952. The third-order valence-electron chi connectivity index (χ3n) is 4.56. The van der Waals surface area contributed by atoms with Gasteiger partial charge in [-0.3, -0.25) is 9.59 Å². The van der Waals surface area contributed by atoms with Gasteiger partial charge in [-0.05, 0) is 86.1 Å². The molecule has 0 aliphatic carbocycles. The molecule has 0 saturated carbocycles. The molecule has 0 spiro atoms. The van der Waals surface area contributed by atoms with E-state index in [1.807, 2.05) is 6.92 Å². The monoisotopic (exact) mass is 509 g/mol. The number of amides is 2. The zero-order valence-electron chi connectivity index (χ0n) is 19.6. The van der Waals surface area contributed by atoms with Crippen molar-refractivity contribution < 1.29 is 28.6 Å². The van der Waals surface area contributed by atoms with Crippen LogP contribution in [0.3, 0.4) is 0 Å². The van der Waals surface area contributed by atoms with Crippen LogP contribution in [0.15, 0.2) is 71.8 Å². The maximum Gasteiger partial charge on any atom is 0.343 e. The van der Waals surface area contributed by atoms with E-state index in [1.54, 1.807) is 73.7 Å². The normalized spacial score (nSPS) is 10.5. The van der Waals surface area contributed by atoms with Crippen molar-refractivity contribution in [2.75, 3.05) is 18.5 Å². The Balaban J connectivity index is 1.62. The molecule has 0 aliphatic rings. The van der Waals surface area contributed by atoms with Gasteiger partial charge in [0.15, 0.2) is 11.5 Å². The number of esters is 1. The number of carbonyl (C=O) groups is 3. The van der Waals surface area contributed by atoms with Crippen molar-refractivity contribution >= 4 is 41.3 Å². The van der Waals surface area contributed by atoms with Crippen molar-refractivity contribution in [2.45, 2.75) is 13.8 Å². The average Bonchev–Trinajstić information content (AvgIpc) is 2.87. The number of benzene rings is 3. The van der Waals surface area contributed by atoms with E-state index in [-0.39, 0.29) is 5.75 Å². The van der Waals surface area contributed by atoms with E-state index in [0.29, 0.717) is 46.5 Å². The molecule has 2 N–H and O–H groups in total. The van der Waals surface area contributed by atoms with E-state index < -0.39 is 17.8 Å². The zero-order valence-corrected chi connectivity index (χ0v) is 20.4. The molecule has 3 aromatic rings. The van der Waals surface area contributed by atoms with Crippen molar-refractivity contribution in [1.82, 2.24) is 5.43 Å². The van der Waals surface area contributed by atoms with E-state index in [0.717, 1.165) is 0 Å². The summed E-state index contributed by atoms with van der Waals surface area (Å²) in [7, 11) is 0. The van der Waals surface area contributed by atoms with Crippen LogP contribution in [0.5, 0.6) is 17.2 Å². The zero-order chi connectivity index (χ0) is 25.9. The number of hydrogen-bond acceptors (Lipinski definition) is 7. The highest BCUT2D eigenvalue weighted by atomic mass is 35.5. The molecule has 0 radical (unpaired) electrons. The van der Waals surface area contributed by atoms with Crippen LogP contribution in [0.4, 0.5) is 5.69 Å². The second-order valence-electron chi connectivity index (χ2n) is 7.15. The summed E-state index contributed by atoms with van der Waals surface area (Å²) in [5.41, 5.74) is 3.46. The number of halogens is 1. The highest BCUT2D eigenvalue weighted by Gasteiger charge is 2.15. The molecule has 2 amide bonds. The van der Waals surface area contributed by atoms with Gasteiger partial charge in [0, 0.05) is 10.7 Å². The minimum Gasteiger partial charge on any atom is -0.494 e. The molecule has 3 rings (SSSR count). The lowest BCUT2D eigenvalue weighted by molar-refractivity contribution is -0.136. The summed E-state index contributed by atoms with van der Waals surface area (Å²) in [6, 6.07) is 17.7. The van der Waals surface area contributed by atoms with Crippen LogP contribution in [0.2, 0.25) is 5.02 Å². The highest BCUT2D eigenvalue weighted by Crippen LogP contribution is 2.29. The lowest BCUT2D eigenvalue weighted by Gasteiger charge is -2.11. The Kier molecular flexibility index (Phi) is 9.41. The lowest BCUT2D eigenvalue weighted by atomic mass is 10.2. The molecule has 0 fully saturated rings. The van der Waals surface area contributed by atoms with Gasteiger partial charge in [-0.25, -0.2) is 10.2 Å². The molecular formula is C26H24ClN3O6. The van der Waals surface area contributed by atoms with E-state index in [2.05, 4.69) is 15.8 Å². The smallest absolute Gasteiger partial charge is 0.343 e. The largest absolute Gasteiger partial charge is 0.494 e. The third-order valence-corrected chi connectivity index (χ3v) is 4.81. The summed E-state index contributed by atoms with van der Waals surface area (Å²) in [5, 5.41) is 6.74. The fourth-order valence-corrected chi connectivity index (χ4v) is 3.03. The predicted molar refractivity (Wildman–Crippen MR) is 136 cm³/mol. The Morgan fingerprint density at radius 3 is 2.22 bits per heavy atom. The highest BCUT2D eigenvalue weighted by molar-refractivity contribution is 6.39. The number of hydrazone groups is 1. The van der Waals surface area contributed by atoms with Crippen LogP contribution < -0.4 is 25.0 Å². The summed E-state index contributed by atoms with van der Waals surface area (Å²) in [6.45, 7) is 4.52. The molecule has 9 nitrogen and oxygen atoms in total. The van der Waals surface area contributed by atoms with Gasteiger partial charge in [0.1, 0.15) is 5.75 Å². The lowest BCUT2D eigenvalue weighted by Crippen LogP contribution is -2.32. The molecule has 0 unspecified atom stereocenters. The number of ether oxygens (including phenoxy) is 3. The summed E-state index contributed by atoms with van der Waals surface area (Å²) >= 11 is 5.80. The van der Waals surface area contributed by atoms with E-state index in [4.69, 9.17) is 25.8 Å². The standard InChI is InChI=1S/C26H24ClN3O6/c1-3-34-21-12-6-18(7-13-21)26(33)36-22-14-5-17(15-23(22)35-4-2)16-28-30-25(32)24(31)29-20-10-8-19(27)9-11-20/h5-16H,3-4H2,1-2H3,(H,29,31)(H,30,32)/b28-16+. The topological polar surface area (TPSA) is 115 Å². The second-order valence-corrected chi connectivity index (χ2v) is 7.58. The maximum absolute atomic E-state index is 12.5. The summed E-state index contributed by atoms with van der Waals surface area (Å²) in [6.07, 6.45) is 1.33. The van der Waals surface area contributed by atoms with Crippen LogP contribution in [0, 0.1) is 0 Å². The van der Waals surface area contributed by atoms with Crippen molar-refractivity contribution in [3.8, 4) is 17.2 Å². The molecule has 36 heavy (non-hydrogen) atoms. The minimum absolute atomic E-state index is 0.222. The SMILES string of the molecule is CCOc1ccc(C(=O)Oc2ccc(/C=N/NC(=O)C(=O)Nc3ccc(Cl)cc3)cc2OCC)cc1. The number of hydrogen-bond donors (Lipinski definition) is 2. The van der Waals surface area contributed by atoms with Gasteiger partial charge in [0.25, 0.3) is 0 Å². The van der Waals surface area contributed by atoms with Crippen LogP contribution in [0.25, 0.3) is 0 Å². The van der Waals surface area contributed by atoms with E-state index >= 15 is 0 Å². The first-order valence-electron chi connectivity index (χ1n) is 11.0. The Labute approximate surface area is 213 Å². The van der Waals surface area contributed by atoms with Crippen LogP contribution in [-0.4, -0.2) is 37.2 Å². The second kappa shape index (κ2) is 12.9. The Bertz CT molecular complexity index is 1240. The number of rotatable bonds is 9. The fraction of sp³-hybridized carbons (Fsp3) is 0.154. The Morgan fingerprint density at radius 1 is 0.861 bits per heavy atom. The quantitative estimate of drug-likeness (QED) is 0.145. The first kappa shape index (κ1) is 26.2. The molecule has 0 bridgehead atoms. The molecule has 0 atom stereocenters. The molecule has 0 aromatic heterocycles. The van der Waals surface area contributed by atoms with Gasteiger partial charge < -0.3 is 19.5 Å². The number of carbonyl (C=O) groups excluding carboxylic acids is 3. The van der Waals surface area contributed by atoms with E-state index in [9.17, 15) is 14.4 Å². The van der Waals surface area contributed by atoms with Gasteiger partial charge in [-0.15, -0.1) is 0 Å². The number of nitrogens with zero attached hydrogens (tertiary/aromatic N) is 1. The van der Waals surface area contributed by atoms with E-state index in [1.165, 1.54) is 6.21 Å². The first-order chi connectivity index (χ1) is 17.4. The first-order valence-corrected chi connectivity index (χ1v) is 11.4. The summed E-state index contributed by atoms with van der Waals surface area (Å²) in [5.74, 6) is -1.21. The van der Waals surface area contributed by atoms with Crippen LogP contribution in [0.1, 0.15) is 29.8 Å². The third kappa shape index (κ3) is 7.57. The van der Waals surface area contributed by atoms with Gasteiger partial charge in [-0.2, -0.15) is 5.10 Å². The summed E-state index contributed by atoms with van der Waals surface area (Å²) in [4.78, 5) is 36.5. The number of nitrogens with one attached hydrogen (secondary N) is 2. The van der Waals surface area contributed by atoms with Gasteiger partial charge in [-0.1, -0.05) is 11.6 Å². The van der Waals surface area contributed by atoms with Crippen LogP contribution >= 0.6 is 11.6 Å². The van der Waals surface area contributed by atoms with Crippen molar-refractivity contribution in [2.24, 2.45) is 5.10 Å². The Morgan fingerprint density at radius 2 is 1.56 bits per heavy atom. The molecular weight excluding hydrogens is 486 g/mol. The number of anilines is 1. The maximum atomic E-state index is 12.5. The molecule has 0 heterocycles. The molecule has 0 aliphatic heterocycles. The molecule has 186 valence electrons. The molecule has 3 aromatic carbocycles. The van der Waals surface area contributed by atoms with Crippen LogP contribution in [-0.2, 0) is 9.59 Å². The molecule has 0 saturated heterocycles. The Hall–Kier alpha value is -4.37. The van der Waals surface area contributed by atoms with Crippen molar-refractivity contribution in [1.29, 1.82) is 0 Å². The van der Waals surface area contributed by atoms with Gasteiger partial charge in [0.2, 0.25) is 0 Å². The molecule has 10 heteroatoms. The van der Waals surface area contributed by atoms with Crippen molar-refractivity contribution in [3.63, 3.8) is 0 Å².